The average Bonchev–Trinajstić information content (AvgIpc) is 2.54. The van der Waals surface area contributed by atoms with E-state index in [2.05, 4.69) is 11.9 Å². The molecule has 0 bridgehead atoms. The Morgan fingerprint density at radius 3 is 2.50 bits per heavy atom. The Kier molecular flexibility index (Phi) is 6.66. The van der Waals surface area contributed by atoms with Gasteiger partial charge in [0, 0.05) is 11.6 Å². The van der Waals surface area contributed by atoms with Crippen LogP contribution in [0.2, 0.25) is 0 Å². The summed E-state index contributed by atoms with van der Waals surface area (Å²) in [6, 6.07) is 7.18. The van der Waals surface area contributed by atoms with Crippen LogP contribution in [0.1, 0.15) is 70.0 Å². The Morgan fingerprint density at radius 1 is 1.00 bits per heavy atom. The fourth-order valence-electron chi connectivity index (χ4n) is 2.92. The Labute approximate surface area is 133 Å². The van der Waals surface area contributed by atoms with Crippen molar-refractivity contribution in [3.05, 3.63) is 36.0 Å². The molecule has 3 nitrogen and oxygen atoms in total. The van der Waals surface area contributed by atoms with Crippen LogP contribution in [0.25, 0.3) is 10.9 Å². The molecule has 1 aromatic carbocycles. The van der Waals surface area contributed by atoms with E-state index >= 15 is 0 Å². The molecule has 0 radical (unpaired) electrons. The number of aliphatic hydroxyl groups excluding tert-OH is 1. The molecule has 0 amide bonds. The van der Waals surface area contributed by atoms with Crippen LogP contribution in [0.4, 0.5) is 0 Å². The normalized spacial score (nSPS) is 12.6. The Hall–Kier alpha value is -1.61. The minimum Gasteiger partial charge on any atom is -0.506 e. The van der Waals surface area contributed by atoms with Crippen LogP contribution in [0, 0.1) is 0 Å². The third-order valence-corrected chi connectivity index (χ3v) is 4.22. The number of aliphatic hydroxyl groups is 1. The van der Waals surface area contributed by atoms with Gasteiger partial charge < -0.3 is 10.2 Å². The van der Waals surface area contributed by atoms with Crippen molar-refractivity contribution in [1.82, 2.24) is 4.98 Å². The molecule has 2 N–H and O–H groups in total. The number of phenolic OH excluding ortho intramolecular Hbond substituents is 1. The largest absolute Gasteiger partial charge is 0.506 e. The molecule has 1 aromatic heterocycles. The number of rotatable bonds is 9. The van der Waals surface area contributed by atoms with Gasteiger partial charge in [0.15, 0.2) is 0 Å². The summed E-state index contributed by atoms with van der Waals surface area (Å²) < 4.78 is 0. The van der Waals surface area contributed by atoms with Crippen LogP contribution in [0.3, 0.4) is 0 Å². The number of hydrogen-bond acceptors (Lipinski definition) is 3. The summed E-state index contributed by atoms with van der Waals surface area (Å²) in [7, 11) is 0. The number of benzene rings is 1. The first-order valence-electron chi connectivity index (χ1n) is 8.48. The van der Waals surface area contributed by atoms with Crippen LogP contribution >= 0.6 is 0 Å². The third-order valence-electron chi connectivity index (χ3n) is 4.22. The van der Waals surface area contributed by atoms with E-state index in [-0.39, 0.29) is 5.75 Å². The quantitative estimate of drug-likeness (QED) is 0.632. The Bertz CT molecular complexity index is 583. The lowest BCUT2D eigenvalue weighted by atomic mass is 9.99. The van der Waals surface area contributed by atoms with Crippen molar-refractivity contribution in [2.45, 2.75) is 64.4 Å². The zero-order valence-electron chi connectivity index (χ0n) is 13.5. The van der Waals surface area contributed by atoms with Gasteiger partial charge in [0.05, 0.1) is 6.10 Å². The van der Waals surface area contributed by atoms with E-state index in [0.29, 0.717) is 5.52 Å². The number of aromatic nitrogens is 1. The number of nitrogens with zero attached hydrogens (tertiary/aromatic N) is 1. The molecule has 0 saturated heterocycles. The number of para-hydroxylation sites is 1. The number of pyridine rings is 1. The van der Waals surface area contributed by atoms with E-state index in [1.54, 1.807) is 18.3 Å². The number of unbranched alkanes of at least 4 members (excludes halogenated alkanes) is 6. The van der Waals surface area contributed by atoms with Gasteiger partial charge in [-0.2, -0.15) is 0 Å². The van der Waals surface area contributed by atoms with Crippen LogP contribution in [0.5, 0.6) is 5.75 Å². The SMILES string of the molecule is CCCCCCCCCC(O)c1ccnc2c(O)cccc12. The van der Waals surface area contributed by atoms with E-state index in [4.69, 9.17) is 0 Å². The van der Waals surface area contributed by atoms with E-state index in [1.165, 1.54) is 38.5 Å². The molecule has 22 heavy (non-hydrogen) atoms. The molecule has 1 unspecified atom stereocenters. The monoisotopic (exact) mass is 301 g/mol. The van der Waals surface area contributed by atoms with Gasteiger partial charge >= 0.3 is 0 Å². The van der Waals surface area contributed by atoms with Gasteiger partial charge in [-0.05, 0) is 24.1 Å². The third kappa shape index (κ3) is 4.44. The lowest BCUT2D eigenvalue weighted by Crippen LogP contribution is -1.99. The molecule has 1 heterocycles. The molecule has 3 heteroatoms. The highest BCUT2D eigenvalue weighted by Gasteiger charge is 2.12. The van der Waals surface area contributed by atoms with E-state index in [0.717, 1.165) is 23.8 Å². The predicted octanol–water partition coefficient (Wildman–Crippen LogP) is 5.11. The van der Waals surface area contributed by atoms with Crippen LogP contribution < -0.4 is 0 Å². The lowest BCUT2D eigenvalue weighted by molar-refractivity contribution is 0.164. The summed E-state index contributed by atoms with van der Waals surface area (Å²) in [6.07, 6.45) is 10.6. The molecule has 2 rings (SSSR count). The van der Waals surface area contributed by atoms with Crippen LogP contribution in [-0.2, 0) is 0 Å². The first-order valence-corrected chi connectivity index (χ1v) is 8.48. The maximum absolute atomic E-state index is 10.4. The van der Waals surface area contributed by atoms with Crippen molar-refractivity contribution in [2.24, 2.45) is 0 Å². The second kappa shape index (κ2) is 8.74. The fraction of sp³-hybridized carbons (Fsp3) is 0.526. The van der Waals surface area contributed by atoms with Crippen molar-refractivity contribution < 1.29 is 10.2 Å². The van der Waals surface area contributed by atoms with Gasteiger partial charge in [-0.1, -0.05) is 64.0 Å². The molecule has 0 aliphatic heterocycles. The van der Waals surface area contributed by atoms with Crippen LogP contribution in [-0.4, -0.2) is 15.2 Å². The molecule has 0 saturated carbocycles. The zero-order chi connectivity index (χ0) is 15.8. The van der Waals surface area contributed by atoms with Gasteiger partial charge in [0.2, 0.25) is 0 Å². The first kappa shape index (κ1) is 16.8. The van der Waals surface area contributed by atoms with Gasteiger partial charge in [-0.15, -0.1) is 0 Å². The minimum absolute atomic E-state index is 0.169. The molecule has 120 valence electrons. The van der Waals surface area contributed by atoms with Crippen molar-refractivity contribution in [3.63, 3.8) is 0 Å². The number of fused-ring (bicyclic) bond motifs is 1. The molecule has 2 aromatic rings. The molecular weight excluding hydrogens is 274 g/mol. The highest BCUT2D eigenvalue weighted by Crippen LogP contribution is 2.30. The van der Waals surface area contributed by atoms with Gasteiger partial charge in [0.1, 0.15) is 11.3 Å². The van der Waals surface area contributed by atoms with Crippen LogP contribution in [0.15, 0.2) is 30.5 Å². The number of aromatic hydroxyl groups is 1. The maximum Gasteiger partial charge on any atom is 0.141 e. The van der Waals surface area contributed by atoms with Crippen molar-refractivity contribution in [2.75, 3.05) is 0 Å². The summed E-state index contributed by atoms with van der Waals surface area (Å²) in [4.78, 5) is 4.20. The smallest absolute Gasteiger partial charge is 0.141 e. The highest BCUT2D eigenvalue weighted by atomic mass is 16.3. The summed E-state index contributed by atoms with van der Waals surface area (Å²) in [5, 5.41) is 21.1. The second-order valence-corrected chi connectivity index (χ2v) is 6.00. The van der Waals surface area contributed by atoms with E-state index < -0.39 is 6.10 Å². The summed E-state index contributed by atoms with van der Waals surface area (Å²) in [5.41, 5.74) is 1.44. The van der Waals surface area contributed by atoms with Crippen molar-refractivity contribution >= 4 is 10.9 Å². The molecule has 0 aliphatic carbocycles. The fourth-order valence-corrected chi connectivity index (χ4v) is 2.92. The molecular formula is C19H27NO2. The molecule has 1 atom stereocenters. The summed E-state index contributed by atoms with van der Waals surface area (Å²) in [6.45, 7) is 2.23. The summed E-state index contributed by atoms with van der Waals surface area (Å²) >= 11 is 0. The molecule has 0 aliphatic rings. The highest BCUT2D eigenvalue weighted by molar-refractivity contribution is 5.87. The lowest BCUT2D eigenvalue weighted by Gasteiger charge is -2.13. The van der Waals surface area contributed by atoms with Gasteiger partial charge in [0.25, 0.3) is 0 Å². The topological polar surface area (TPSA) is 53.4 Å². The Morgan fingerprint density at radius 2 is 1.73 bits per heavy atom. The van der Waals surface area contributed by atoms with E-state index in [9.17, 15) is 10.2 Å². The van der Waals surface area contributed by atoms with Gasteiger partial charge in [-0.25, -0.2) is 0 Å². The minimum atomic E-state index is -0.483. The van der Waals surface area contributed by atoms with E-state index in [1.807, 2.05) is 12.1 Å². The second-order valence-electron chi connectivity index (χ2n) is 6.00. The number of phenols is 1. The van der Waals surface area contributed by atoms with Crippen molar-refractivity contribution in [3.8, 4) is 5.75 Å². The summed E-state index contributed by atoms with van der Waals surface area (Å²) in [5.74, 6) is 0.169. The van der Waals surface area contributed by atoms with Crippen molar-refractivity contribution in [1.29, 1.82) is 0 Å². The maximum atomic E-state index is 10.4. The number of hydrogen-bond donors (Lipinski definition) is 2. The molecule has 0 spiro atoms. The predicted molar refractivity (Wildman–Crippen MR) is 91.0 cm³/mol. The Balaban J connectivity index is 1.88. The standard InChI is InChI=1S/C19H27NO2/c1-2-3-4-5-6-7-8-11-17(21)15-13-14-20-19-16(15)10-9-12-18(19)22/h9-10,12-14,17,21-22H,2-8,11H2,1H3. The first-order chi connectivity index (χ1) is 10.7. The zero-order valence-corrected chi connectivity index (χ0v) is 13.5. The van der Waals surface area contributed by atoms with Gasteiger partial charge in [-0.3, -0.25) is 4.98 Å². The average molecular weight is 301 g/mol. The molecule has 0 fully saturated rings.